The zero-order valence-electron chi connectivity index (χ0n) is 10.6. The average molecular weight is 267 g/mol. The van der Waals surface area contributed by atoms with E-state index in [0.29, 0.717) is 6.54 Å². The predicted molar refractivity (Wildman–Crippen MR) is 67.5 cm³/mol. The number of nitrogens with one attached hydrogen (secondary N) is 2. The number of hydrogen-bond donors (Lipinski definition) is 4. The second-order valence-corrected chi connectivity index (χ2v) is 4.05. The smallest absolute Gasteiger partial charge is 0.332 e. The van der Waals surface area contributed by atoms with Crippen LogP contribution in [-0.4, -0.2) is 39.8 Å². The van der Waals surface area contributed by atoms with Gasteiger partial charge in [0.25, 0.3) is 0 Å². The Morgan fingerprint density at radius 1 is 1.42 bits per heavy atom. The lowest BCUT2D eigenvalue weighted by Crippen LogP contribution is -2.37. The number of carboxylic acids is 1. The summed E-state index contributed by atoms with van der Waals surface area (Å²) in [5, 5.41) is 22.6. The number of nitrogens with zero attached hydrogens (tertiary/aromatic N) is 1. The van der Waals surface area contributed by atoms with Crippen LogP contribution in [0.4, 0.5) is 4.79 Å². The van der Waals surface area contributed by atoms with Gasteiger partial charge < -0.3 is 20.8 Å². The van der Waals surface area contributed by atoms with Gasteiger partial charge in [-0.05, 0) is 24.1 Å². The minimum atomic E-state index is -1.46. The fourth-order valence-electron chi connectivity index (χ4n) is 1.38. The summed E-state index contributed by atoms with van der Waals surface area (Å²) >= 11 is 0. The summed E-state index contributed by atoms with van der Waals surface area (Å²) in [4.78, 5) is 25.7. The van der Waals surface area contributed by atoms with Crippen molar-refractivity contribution in [3.63, 3.8) is 0 Å². The van der Waals surface area contributed by atoms with Gasteiger partial charge in [-0.3, -0.25) is 4.98 Å². The first-order valence-corrected chi connectivity index (χ1v) is 5.82. The number of carboxylic acid groups (broad SMARTS) is 1. The molecule has 1 aromatic rings. The van der Waals surface area contributed by atoms with Gasteiger partial charge in [0.15, 0.2) is 6.10 Å². The number of urea groups is 1. The molecule has 104 valence electrons. The molecule has 2 amide bonds. The third-order valence-corrected chi connectivity index (χ3v) is 2.56. The first-order chi connectivity index (χ1) is 9.00. The zero-order valence-corrected chi connectivity index (χ0v) is 10.6. The Hall–Kier alpha value is -2.15. The number of aryl methyl sites for hydroxylation is 1. The third kappa shape index (κ3) is 5.35. The van der Waals surface area contributed by atoms with Crippen molar-refractivity contribution in [2.45, 2.75) is 26.0 Å². The van der Waals surface area contributed by atoms with Gasteiger partial charge in [-0.25, -0.2) is 9.59 Å². The van der Waals surface area contributed by atoms with Crippen molar-refractivity contribution in [2.24, 2.45) is 0 Å². The number of carbonyl (C=O) groups is 2. The second kappa shape index (κ2) is 7.32. The Bertz CT molecular complexity index is 450. The first-order valence-electron chi connectivity index (χ1n) is 5.82. The second-order valence-electron chi connectivity index (χ2n) is 4.05. The Morgan fingerprint density at radius 2 is 2.16 bits per heavy atom. The Balaban J connectivity index is 2.25. The van der Waals surface area contributed by atoms with Crippen LogP contribution in [0.2, 0.25) is 0 Å². The van der Waals surface area contributed by atoms with Crippen LogP contribution in [0.1, 0.15) is 17.5 Å². The maximum absolute atomic E-state index is 11.4. The summed E-state index contributed by atoms with van der Waals surface area (Å²) in [6.07, 6.45) is 1.86. The van der Waals surface area contributed by atoms with Gasteiger partial charge in [-0.1, -0.05) is 0 Å². The van der Waals surface area contributed by atoms with Crippen molar-refractivity contribution in [1.29, 1.82) is 0 Å². The predicted octanol–water partition coefficient (Wildman–Crippen LogP) is 0.0248. The number of pyridine rings is 1. The van der Waals surface area contributed by atoms with Crippen LogP contribution < -0.4 is 10.6 Å². The molecule has 0 bridgehead atoms. The highest BCUT2D eigenvalue weighted by Gasteiger charge is 2.12. The molecule has 0 unspecified atom stereocenters. The van der Waals surface area contributed by atoms with E-state index in [1.807, 2.05) is 13.0 Å². The molecular formula is C12H17N3O4. The monoisotopic (exact) mass is 267 g/mol. The Labute approximate surface area is 110 Å². The number of aliphatic hydroxyl groups is 1. The highest BCUT2D eigenvalue weighted by molar-refractivity contribution is 5.74. The number of rotatable bonds is 6. The topological polar surface area (TPSA) is 112 Å². The normalized spacial score (nSPS) is 11.7. The molecule has 4 N–H and O–H groups in total. The van der Waals surface area contributed by atoms with Crippen molar-refractivity contribution in [1.82, 2.24) is 15.6 Å². The van der Waals surface area contributed by atoms with Crippen LogP contribution in [0.15, 0.2) is 18.5 Å². The van der Waals surface area contributed by atoms with Crippen LogP contribution in [0.25, 0.3) is 0 Å². The minimum absolute atomic E-state index is 0.0307. The molecule has 1 heterocycles. The molecule has 0 radical (unpaired) electrons. The molecule has 0 fully saturated rings. The number of aromatic nitrogens is 1. The highest BCUT2D eigenvalue weighted by atomic mass is 16.4. The average Bonchev–Trinajstić information content (AvgIpc) is 2.37. The van der Waals surface area contributed by atoms with E-state index in [1.165, 1.54) is 0 Å². The van der Waals surface area contributed by atoms with Gasteiger partial charge in [-0.2, -0.15) is 0 Å². The molecule has 1 atom stereocenters. The molecule has 19 heavy (non-hydrogen) atoms. The molecule has 0 aliphatic carbocycles. The fraction of sp³-hybridized carbons (Fsp3) is 0.417. The molecule has 7 nitrogen and oxygen atoms in total. The van der Waals surface area contributed by atoms with Gasteiger partial charge in [0.05, 0.1) is 0 Å². The van der Waals surface area contributed by atoms with E-state index in [-0.39, 0.29) is 13.0 Å². The Kier molecular flexibility index (Phi) is 5.74. The van der Waals surface area contributed by atoms with Crippen LogP contribution in [-0.2, 0) is 11.3 Å². The van der Waals surface area contributed by atoms with E-state index in [9.17, 15) is 9.59 Å². The van der Waals surface area contributed by atoms with E-state index in [0.717, 1.165) is 11.1 Å². The molecular weight excluding hydrogens is 250 g/mol. The molecule has 0 aromatic carbocycles. The zero-order chi connectivity index (χ0) is 14.3. The van der Waals surface area contributed by atoms with Crippen molar-refractivity contribution in [3.8, 4) is 0 Å². The number of aliphatic carboxylic acids is 1. The van der Waals surface area contributed by atoms with Crippen molar-refractivity contribution < 1.29 is 19.8 Å². The molecule has 0 saturated heterocycles. The van der Waals surface area contributed by atoms with Gasteiger partial charge in [0.2, 0.25) is 0 Å². The molecule has 0 spiro atoms. The van der Waals surface area contributed by atoms with Gasteiger partial charge in [0, 0.05) is 31.9 Å². The van der Waals surface area contributed by atoms with Crippen LogP contribution in [0.5, 0.6) is 0 Å². The lowest BCUT2D eigenvalue weighted by atomic mass is 10.1. The van der Waals surface area contributed by atoms with E-state index < -0.39 is 18.1 Å². The SMILES string of the molecule is Cc1cnccc1CNC(=O)NCC[C@H](O)C(=O)O. The summed E-state index contributed by atoms with van der Waals surface area (Å²) in [6, 6.07) is 1.40. The molecule has 0 aliphatic heterocycles. The summed E-state index contributed by atoms with van der Waals surface area (Å²) < 4.78 is 0. The molecule has 0 aliphatic rings. The Morgan fingerprint density at radius 3 is 2.79 bits per heavy atom. The van der Waals surface area contributed by atoms with Crippen LogP contribution in [0, 0.1) is 6.92 Å². The quantitative estimate of drug-likeness (QED) is 0.581. The maximum atomic E-state index is 11.4. The van der Waals surface area contributed by atoms with Gasteiger partial charge >= 0.3 is 12.0 Å². The summed E-state index contributed by atoms with van der Waals surface area (Å²) in [6.45, 7) is 2.35. The first kappa shape index (κ1) is 14.9. The van der Waals surface area contributed by atoms with E-state index in [1.54, 1.807) is 12.4 Å². The fourth-order valence-corrected chi connectivity index (χ4v) is 1.38. The van der Waals surface area contributed by atoms with Crippen LogP contribution >= 0.6 is 0 Å². The molecule has 7 heteroatoms. The molecule has 1 aromatic heterocycles. The van der Waals surface area contributed by atoms with Crippen LogP contribution in [0.3, 0.4) is 0 Å². The van der Waals surface area contributed by atoms with E-state index in [4.69, 9.17) is 10.2 Å². The van der Waals surface area contributed by atoms with E-state index >= 15 is 0 Å². The standard InChI is InChI=1S/C12H17N3O4/c1-8-6-13-4-2-9(8)7-15-12(19)14-5-3-10(16)11(17)18/h2,4,6,10,16H,3,5,7H2,1H3,(H,17,18)(H2,14,15,19)/t10-/m0/s1. The van der Waals surface area contributed by atoms with Gasteiger partial charge in [0.1, 0.15) is 0 Å². The van der Waals surface area contributed by atoms with Crippen molar-refractivity contribution >= 4 is 12.0 Å². The van der Waals surface area contributed by atoms with Gasteiger partial charge in [-0.15, -0.1) is 0 Å². The number of carbonyl (C=O) groups excluding carboxylic acids is 1. The number of hydrogen-bond acceptors (Lipinski definition) is 4. The summed E-state index contributed by atoms with van der Waals surface area (Å²) in [5.74, 6) is -1.30. The number of aliphatic hydroxyl groups excluding tert-OH is 1. The number of amides is 2. The lowest BCUT2D eigenvalue weighted by Gasteiger charge is -2.10. The van der Waals surface area contributed by atoms with E-state index in [2.05, 4.69) is 15.6 Å². The molecule has 1 rings (SSSR count). The highest BCUT2D eigenvalue weighted by Crippen LogP contribution is 2.03. The third-order valence-electron chi connectivity index (χ3n) is 2.56. The largest absolute Gasteiger partial charge is 0.479 e. The molecule has 0 saturated carbocycles. The van der Waals surface area contributed by atoms with Crippen molar-refractivity contribution in [2.75, 3.05) is 6.54 Å². The summed E-state index contributed by atoms with van der Waals surface area (Å²) in [5.41, 5.74) is 1.93. The van der Waals surface area contributed by atoms with Crippen molar-refractivity contribution in [3.05, 3.63) is 29.6 Å². The maximum Gasteiger partial charge on any atom is 0.332 e. The lowest BCUT2D eigenvalue weighted by molar-refractivity contribution is -0.146. The summed E-state index contributed by atoms with van der Waals surface area (Å²) in [7, 11) is 0. The minimum Gasteiger partial charge on any atom is -0.479 e.